The van der Waals surface area contributed by atoms with Crippen molar-refractivity contribution in [3.63, 3.8) is 0 Å². The predicted octanol–water partition coefficient (Wildman–Crippen LogP) is 1.85. The summed E-state index contributed by atoms with van der Waals surface area (Å²) in [4.78, 5) is 3.83. The summed E-state index contributed by atoms with van der Waals surface area (Å²) in [7, 11) is 0. The van der Waals surface area contributed by atoms with Gasteiger partial charge < -0.3 is 15.3 Å². The number of piperidine rings is 1. The predicted molar refractivity (Wildman–Crippen MR) is 77.0 cm³/mol. The van der Waals surface area contributed by atoms with Crippen LogP contribution in [0.3, 0.4) is 0 Å². The fraction of sp³-hybridized carbons (Fsp3) is 0.714. The molecule has 1 aliphatic heterocycles. The van der Waals surface area contributed by atoms with Crippen LogP contribution in [0.1, 0.15) is 23.3 Å². The van der Waals surface area contributed by atoms with Crippen molar-refractivity contribution in [3.8, 4) is 0 Å². The highest BCUT2D eigenvalue weighted by Gasteiger charge is 2.18. The van der Waals surface area contributed by atoms with Crippen molar-refractivity contribution >= 4 is 11.3 Å². The van der Waals surface area contributed by atoms with Gasteiger partial charge in [0.2, 0.25) is 0 Å². The summed E-state index contributed by atoms with van der Waals surface area (Å²) in [6.07, 6.45) is 2.52. The second kappa shape index (κ2) is 7.24. The molecule has 0 atom stereocenters. The lowest BCUT2D eigenvalue weighted by molar-refractivity contribution is 0.146. The summed E-state index contributed by atoms with van der Waals surface area (Å²) in [5, 5.41) is 14.7. The van der Waals surface area contributed by atoms with Crippen molar-refractivity contribution in [1.82, 2.24) is 10.2 Å². The zero-order chi connectivity index (χ0) is 12.8. The number of nitrogens with zero attached hydrogens (tertiary/aromatic N) is 1. The van der Waals surface area contributed by atoms with E-state index in [-0.39, 0.29) is 0 Å². The van der Waals surface area contributed by atoms with E-state index in [1.165, 1.54) is 23.3 Å². The second-order valence-corrected chi connectivity index (χ2v) is 6.17. The Kier molecular flexibility index (Phi) is 5.63. The molecule has 1 saturated heterocycles. The first-order chi connectivity index (χ1) is 8.79. The Morgan fingerprint density at radius 3 is 2.83 bits per heavy atom. The maximum atomic E-state index is 8.90. The van der Waals surface area contributed by atoms with Crippen molar-refractivity contribution in [1.29, 1.82) is 0 Å². The van der Waals surface area contributed by atoms with E-state index in [0.717, 1.165) is 38.6 Å². The van der Waals surface area contributed by atoms with Gasteiger partial charge in [0.25, 0.3) is 0 Å². The molecule has 1 aromatic heterocycles. The maximum absolute atomic E-state index is 8.90. The minimum atomic E-state index is 0.292. The van der Waals surface area contributed by atoms with E-state index in [9.17, 15) is 0 Å². The molecule has 0 aliphatic carbocycles. The first-order valence-electron chi connectivity index (χ1n) is 6.86. The van der Waals surface area contributed by atoms with Gasteiger partial charge in [0.05, 0.1) is 6.61 Å². The van der Waals surface area contributed by atoms with E-state index < -0.39 is 0 Å². The van der Waals surface area contributed by atoms with Gasteiger partial charge in [-0.15, -0.1) is 11.3 Å². The van der Waals surface area contributed by atoms with Crippen LogP contribution in [0.15, 0.2) is 11.4 Å². The first-order valence-corrected chi connectivity index (χ1v) is 7.74. The average molecular weight is 268 g/mol. The monoisotopic (exact) mass is 268 g/mol. The molecule has 0 amide bonds. The normalized spacial score (nSPS) is 18.3. The summed E-state index contributed by atoms with van der Waals surface area (Å²) in [5.74, 6) is 0.806. The second-order valence-electron chi connectivity index (χ2n) is 5.17. The van der Waals surface area contributed by atoms with Gasteiger partial charge in [-0.05, 0) is 62.3 Å². The number of β-amino-alcohol motifs (C(OH)–C–C–N with tert-alkyl or cyclic N) is 1. The van der Waals surface area contributed by atoms with Gasteiger partial charge >= 0.3 is 0 Å². The van der Waals surface area contributed by atoms with Crippen LogP contribution in [0.25, 0.3) is 0 Å². The molecule has 0 unspecified atom stereocenters. The minimum absolute atomic E-state index is 0.292. The van der Waals surface area contributed by atoms with Gasteiger partial charge in [-0.3, -0.25) is 0 Å². The summed E-state index contributed by atoms with van der Waals surface area (Å²) in [6, 6.07) is 2.19. The molecular weight excluding hydrogens is 244 g/mol. The fourth-order valence-electron chi connectivity index (χ4n) is 2.53. The highest BCUT2D eigenvalue weighted by Crippen LogP contribution is 2.18. The van der Waals surface area contributed by atoms with Gasteiger partial charge in [-0.1, -0.05) is 0 Å². The molecule has 1 fully saturated rings. The van der Waals surface area contributed by atoms with Crippen LogP contribution < -0.4 is 5.32 Å². The third kappa shape index (κ3) is 4.05. The lowest BCUT2D eigenvalue weighted by Crippen LogP contribution is -2.38. The molecule has 1 aliphatic rings. The number of aryl methyl sites for hydroxylation is 1. The largest absolute Gasteiger partial charge is 0.395 e. The molecular formula is C14H24N2OS. The van der Waals surface area contributed by atoms with Crippen LogP contribution in [-0.2, 0) is 6.54 Å². The van der Waals surface area contributed by atoms with Gasteiger partial charge in [0, 0.05) is 18.0 Å². The molecule has 102 valence electrons. The number of hydrogen-bond acceptors (Lipinski definition) is 4. The Morgan fingerprint density at radius 1 is 1.44 bits per heavy atom. The number of likely N-dealkylation sites (tertiary alicyclic amines) is 1. The molecule has 0 saturated carbocycles. The molecule has 0 radical (unpaired) electrons. The maximum Gasteiger partial charge on any atom is 0.0558 e. The number of aliphatic hydroxyl groups excluding tert-OH is 1. The highest BCUT2D eigenvalue weighted by molar-refractivity contribution is 7.10. The van der Waals surface area contributed by atoms with Crippen molar-refractivity contribution in [3.05, 3.63) is 21.9 Å². The van der Waals surface area contributed by atoms with Crippen LogP contribution in [-0.4, -0.2) is 42.8 Å². The van der Waals surface area contributed by atoms with E-state index in [4.69, 9.17) is 5.11 Å². The molecule has 1 aromatic rings. The zero-order valence-electron chi connectivity index (χ0n) is 11.2. The van der Waals surface area contributed by atoms with Crippen LogP contribution in [0.5, 0.6) is 0 Å². The van der Waals surface area contributed by atoms with E-state index >= 15 is 0 Å². The van der Waals surface area contributed by atoms with Gasteiger partial charge in [-0.2, -0.15) is 0 Å². The summed E-state index contributed by atoms with van der Waals surface area (Å²) < 4.78 is 0. The average Bonchev–Trinajstić information content (AvgIpc) is 2.78. The van der Waals surface area contributed by atoms with Crippen molar-refractivity contribution in [2.24, 2.45) is 5.92 Å². The fourth-order valence-corrected chi connectivity index (χ4v) is 3.41. The van der Waals surface area contributed by atoms with Crippen LogP contribution in [0.4, 0.5) is 0 Å². The smallest absolute Gasteiger partial charge is 0.0558 e. The Hall–Kier alpha value is -0.420. The Balaban J connectivity index is 1.62. The van der Waals surface area contributed by atoms with Gasteiger partial charge in [0.15, 0.2) is 0 Å². The Bertz CT molecular complexity index is 345. The third-order valence-corrected chi connectivity index (χ3v) is 4.83. The van der Waals surface area contributed by atoms with Gasteiger partial charge in [0.1, 0.15) is 0 Å². The van der Waals surface area contributed by atoms with E-state index in [1.54, 1.807) is 0 Å². The Labute approximate surface area is 114 Å². The number of nitrogens with one attached hydrogen (secondary N) is 1. The van der Waals surface area contributed by atoms with E-state index in [1.807, 2.05) is 11.3 Å². The quantitative estimate of drug-likeness (QED) is 0.826. The lowest BCUT2D eigenvalue weighted by Gasteiger charge is -2.31. The molecule has 4 heteroatoms. The van der Waals surface area contributed by atoms with Crippen LogP contribution in [0, 0.1) is 12.8 Å². The topological polar surface area (TPSA) is 35.5 Å². The molecule has 2 heterocycles. The summed E-state index contributed by atoms with van der Waals surface area (Å²) >= 11 is 1.84. The molecule has 3 nitrogen and oxygen atoms in total. The number of aliphatic hydroxyl groups is 1. The molecule has 2 rings (SSSR count). The van der Waals surface area contributed by atoms with Crippen molar-refractivity contribution in [2.75, 3.05) is 32.8 Å². The summed E-state index contributed by atoms with van der Waals surface area (Å²) in [5.41, 5.74) is 1.41. The minimum Gasteiger partial charge on any atom is -0.395 e. The molecule has 18 heavy (non-hydrogen) atoms. The molecule has 0 bridgehead atoms. The van der Waals surface area contributed by atoms with E-state index in [2.05, 4.69) is 28.6 Å². The third-order valence-electron chi connectivity index (χ3n) is 3.81. The first kappa shape index (κ1) is 14.0. The summed E-state index contributed by atoms with van der Waals surface area (Å²) in [6.45, 7) is 7.75. The lowest BCUT2D eigenvalue weighted by atomic mass is 9.97. The number of rotatable bonds is 6. The standard InChI is InChI=1S/C14H24N2OS/c1-12-4-9-18-14(12)11-15-10-13-2-5-16(6-3-13)7-8-17/h4,9,13,15,17H,2-3,5-8,10-11H2,1H3. The number of thiophene rings is 1. The van der Waals surface area contributed by atoms with Crippen molar-refractivity contribution < 1.29 is 5.11 Å². The van der Waals surface area contributed by atoms with Gasteiger partial charge in [-0.25, -0.2) is 0 Å². The molecule has 2 N–H and O–H groups in total. The SMILES string of the molecule is Cc1ccsc1CNCC1CCN(CCO)CC1. The van der Waals surface area contributed by atoms with Crippen LogP contribution in [0.2, 0.25) is 0 Å². The number of hydrogen-bond donors (Lipinski definition) is 2. The Morgan fingerprint density at radius 2 is 2.22 bits per heavy atom. The molecule has 0 spiro atoms. The van der Waals surface area contributed by atoms with Crippen molar-refractivity contribution in [2.45, 2.75) is 26.3 Å². The van der Waals surface area contributed by atoms with E-state index in [0.29, 0.717) is 6.61 Å². The zero-order valence-corrected chi connectivity index (χ0v) is 12.0. The molecule has 0 aromatic carbocycles. The van der Waals surface area contributed by atoms with Crippen LogP contribution >= 0.6 is 11.3 Å². The highest BCUT2D eigenvalue weighted by atomic mass is 32.1.